The summed E-state index contributed by atoms with van der Waals surface area (Å²) in [6.07, 6.45) is 6.57. The van der Waals surface area contributed by atoms with E-state index in [2.05, 4.69) is 24.8 Å². The fourth-order valence-electron chi connectivity index (χ4n) is 5.52. The highest BCUT2D eigenvalue weighted by Crippen LogP contribution is 2.49. The monoisotopic (exact) mass is 510 g/mol. The largest absolute Gasteiger partial charge is 0.283 e. The van der Waals surface area contributed by atoms with Gasteiger partial charge in [0.15, 0.2) is 5.16 Å². The van der Waals surface area contributed by atoms with E-state index in [9.17, 15) is 4.79 Å². The zero-order valence-electron chi connectivity index (χ0n) is 19.4. The summed E-state index contributed by atoms with van der Waals surface area (Å²) in [6, 6.07) is 14.0. The van der Waals surface area contributed by atoms with E-state index in [1.165, 1.54) is 12.0 Å². The van der Waals surface area contributed by atoms with Crippen LogP contribution in [0.5, 0.6) is 0 Å². The maximum Gasteiger partial charge on any atom is 0.258 e. The van der Waals surface area contributed by atoms with Crippen LogP contribution in [0, 0.1) is 0 Å². The molecule has 0 N–H and O–H groups in total. The Bertz CT molecular complexity index is 1320. The molecule has 1 aromatic heterocycles. The molecule has 3 aromatic rings. The van der Waals surface area contributed by atoms with E-state index in [4.69, 9.17) is 28.2 Å². The van der Waals surface area contributed by atoms with Crippen LogP contribution in [0.2, 0.25) is 10.0 Å². The summed E-state index contributed by atoms with van der Waals surface area (Å²) in [5, 5.41) is 1.94. The Morgan fingerprint density at radius 3 is 2.65 bits per heavy atom. The molecule has 0 unspecified atom stereocenters. The summed E-state index contributed by atoms with van der Waals surface area (Å²) in [7, 11) is 0. The first-order chi connectivity index (χ1) is 16.4. The minimum absolute atomic E-state index is 0.0918. The molecule has 6 heteroatoms. The zero-order chi connectivity index (χ0) is 23.9. The second kappa shape index (κ2) is 9.56. The van der Waals surface area contributed by atoms with E-state index in [0.717, 1.165) is 60.1 Å². The van der Waals surface area contributed by atoms with Gasteiger partial charge in [-0.1, -0.05) is 96.7 Å². The Hall–Kier alpha value is -2.01. The van der Waals surface area contributed by atoms with Gasteiger partial charge in [0.2, 0.25) is 0 Å². The van der Waals surface area contributed by atoms with Gasteiger partial charge < -0.3 is 0 Å². The average Bonchev–Trinajstić information content (AvgIpc) is 2.80. The molecule has 0 atom stereocenters. The van der Waals surface area contributed by atoms with Crippen LogP contribution in [0.4, 0.5) is 0 Å². The van der Waals surface area contributed by atoms with Crippen molar-refractivity contribution < 1.29 is 0 Å². The highest BCUT2D eigenvalue weighted by Gasteiger charge is 2.43. The van der Waals surface area contributed by atoms with Crippen molar-refractivity contribution in [1.29, 1.82) is 0 Å². The third kappa shape index (κ3) is 4.36. The van der Waals surface area contributed by atoms with Crippen molar-refractivity contribution in [2.75, 3.05) is 0 Å². The van der Waals surface area contributed by atoms with Crippen LogP contribution < -0.4 is 5.56 Å². The predicted molar refractivity (Wildman–Crippen MR) is 143 cm³/mol. The molecular weight excluding hydrogens is 483 g/mol. The molecule has 0 saturated heterocycles. The fraction of sp³-hybridized carbons (Fsp3) is 0.357. The molecular formula is C28H28Cl2N2OS. The topological polar surface area (TPSA) is 34.9 Å². The van der Waals surface area contributed by atoms with Gasteiger partial charge in [-0.15, -0.1) is 0 Å². The van der Waals surface area contributed by atoms with Crippen LogP contribution in [0.25, 0.3) is 11.3 Å². The lowest BCUT2D eigenvalue weighted by Gasteiger charge is -2.42. The van der Waals surface area contributed by atoms with Crippen molar-refractivity contribution in [1.82, 2.24) is 9.55 Å². The van der Waals surface area contributed by atoms with Gasteiger partial charge in [0.25, 0.3) is 5.56 Å². The molecule has 34 heavy (non-hydrogen) atoms. The third-order valence-corrected chi connectivity index (χ3v) is 8.69. The molecule has 2 aromatic carbocycles. The number of hydrogen-bond donors (Lipinski definition) is 0. The second-order valence-electron chi connectivity index (χ2n) is 9.67. The van der Waals surface area contributed by atoms with Crippen LogP contribution in [0.15, 0.2) is 64.6 Å². The number of fused-ring (bicyclic) bond motifs is 4. The maximum atomic E-state index is 14.2. The van der Waals surface area contributed by atoms with Crippen LogP contribution in [0.3, 0.4) is 0 Å². The molecule has 1 saturated carbocycles. The minimum Gasteiger partial charge on any atom is -0.283 e. The molecule has 0 aliphatic heterocycles. The Labute approximate surface area is 215 Å². The van der Waals surface area contributed by atoms with Gasteiger partial charge in [0.05, 0.1) is 11.3 Å². The molecule has 5 rings (SSSR count). The lowest BCUT2D eigenvalue weighted by molar-refractivity contribution is 0.282. The quantitative estimate of drug-likeness (QED) is 0.199. The Kier molecular flexibility index (Phi) is 6.67. The first kappa shape index (κ1) is 23.7. The number of allylic oxidation sites excluding steroid dienone is 1. The molecule has 0 bridgehead atoms. The average molecular weight is 512 g/mol. The number of halogens is 2. The standard InChI is InChI=1S/C28H28Cl2N2OS/c1-18(2)16-32-26(33)24-25(31-27(32)34-17-20-10-11-21(29)14-23(20)30)22-9-5-4-8-19(22)15-28(24)12-6-3-7-13-28/h4-5,8-11,14H,1,3,6-7,12-13,15-17H2,2H3. The van der Waals surface area contributed by atoms with E-state index in [1.54, 1.807) is 17.8 Å². The summed E-state index contributed by atoms with van der Waals surface area (Å²) in [5.74, 6) is 0.601. The predicted octanol–water partition coefficient (Wildman–Crippen LogP) is 7.84. The van der Waals surface area contributed by atoms with Gasteiger partial charge in [0.1, 0.15) is 0 Å². The molecule has 0 radical (unpaired) electrons. The molecule has 2 aliphatic carbocycles. The normalized spacial score (nSPS) is 16.2. The van der Waals surface area contributed by atoms with Crippen LogP contribution in [0.1, 0.15) is 55.7 Å². The third-order valence-electron chi connectivity index (χ3n) is 7.08. The van der Waals surface area contributed by atoms with Crippen LogP contribution in [-0.4, -0.2) is 9.55 Å². The van der Waals surface area contributed by atoms with Crippen LogP contribution >= 0.6 is 35.0 Å². The van der Waals surface area contributed by atoms with Gasteiger partial charge in [-0.25, -0.2) is 4.98 Å². The summed E-state index contributed by atoms with van der Waals surface area (Å²) in [4.78, 5) is 19.4. The van der Waals surface area contributed by atoms with E-state index < -0.39 is 0 Å². The smallest absolute Gasteiger partial charge is 0.258 e. The van der Waals surface area contributed by atoms with E-state index in [1.807, 2.05) is 29.7 Å². The van der Waals surface area contributed by atoms with Gasteiger partial charge in [-0.3, -0.25) is 9.36 Å². The molecule has 176 valence electrons. The number of thioether (sulfide) groups is 1. The number of hydrogen-bond acceptors (Lipinski definition) is 3. The van der Waals surface area contributed by atoms with Crippen molar-refractivity contribution >= 4 is 35.0 Å². The molecule has 1 heterocycles. The molecule has 1 fully saturated rings. The highest BCUT2D eigenvalue weighted by molar-refractivity contribution is 7.98. The zero-order valence-corrected chi connectivity index (χ0v) is 21.7. The maximum absolute atomic E-state index is 14.2. The lowest BCUT2D eigenvalue weighted by Crippen LogP contribution is -2.43. The van der Waals surface area contributed by atoms with Crippen LogP contribution in [-0.2, 0) is 24.1 Å². The minimum atomic E-state index is -0.120. The molecule has 1 spiro atoms. The van der Waals surface area contributed by atoms with Gasteiger partial charge in [-0.2, -0.15) is 0 Å². The number of benzene rings is 2. The molecule has 0 amide bonds. The summed E-state index contributed by atoms with van der Waals surface area (Å²) in [6.45, 7) is 6.52. The SMILES string of the molecule is C=C(C)Cn1c(SCc2ccc(Cl)cc2Cl)nc2c(c1=O)C1(CCCCC1)Cc1ccccc1-2. The molecule has 2 aliphatic rings. The second-order valence-corrected chi connectivity index (χ2v) is 11.5. The summed E-state index contributed by atoms with van der Waals surface area (Å²) >= 11 is 14.0. The molecule has 3 nitrogen and oxygen atoms in total. The fourth-order valence-corrected chi connectivity index (χ4v) is 7.07. The Balaban J connectivity index is 1.67. The van der Waals surface area contributed by atoms with Gasteiger partial charge >= 0.3 is 0 Å². The highest BCUT2D eigenvalue weighted by atomic mass is 35.5. The van der Waals surface area contributed by atoms with Crippen molar-refractivity contribution in [2.45, 2.75) is 68.3 Å². The first-order valence-electron chi connectivity index (χ1n) is 11.8. The van der Waals surface area contributed by atoms with Gasteiger partial charge in [0, 0.05) is 33.3 Å². The summed E-state index contributed by atoms with van der Waals surface area (Å²) in [5.41, 5.74) is 6.06. The van der Waals surface area contributed by atoms with Crippen molar-refractivity contribution in [3.8, 4) is 11.3 Å². The van der Waals surface area contributed by atoms with Crippen molar-refractivity contribution in [2.24, 2.45) is 0 Å². The Morgan fingerprint density at radius 2 is 1.91 bits per heavy atom. The number of rotatable bonds is 5. The van der Waals surface area contributed by atoms with E-state index in [-0.39, 0.29) is 11.0 Å². The van der Waals surface area contributed by atoms with E-state index in [0.29, 0.717) is 27.5 Å². The van der Waals surface area contributed by atoms with E-state index >= 15 is 0 Å². The first-order valence-corrected chi connectivity index (χ1v) is 13.6. The number of aromatic nitrogens is 2. The van der Waals surface area contributed by atoms with Crippen molar-refractivity contribution in [3.05, 3.63) is 91.7 Å². The Morgan fingerprint density at radius 1 is 1.15 bits per heavy atom. The van der Waals surface area contributed by atoms with Crippen molar-refractivity contribution in [3.63, 3.8) is 0 Å². The van der Waals surface area contributed by atoms with Gasteiger partial charge in [-0.05, 0) is 49.4 Å². The summed E-state index contributed by atoms with van der Waals surface area (Å²) < 4.78 is 1.83. The number of nitrogens with zero attached hydrogens (tertiary/aromatic N) is 2. The lowest BCUT2D eigenvalue weighted by atomic mass is 9.62.